The molecule has 0 N–H and O–H groups in total. The van der Waals surface area contributed by atoms with E-state index in [1.807, 2.05) is 36.2 Å². The number of rotatable bonds is 3. The fourth-order valence-electron chi connectivity index (χ4n) is 3.41. The molecule has 0 radical (unpaired) electrons. The third-order valence-corrected chi connectivity index (χ3v) is 5.85. The molecule has 4 rings (SSSR count). The van der Waals surface area contributed by atoms with Gasteiger partial charge in [-0.3, -0.25) is 9.48 Å². The van der Waals surface area contributed by atoms with Gasteiger partial charge in [0.15, 0.2) is 5.82 Å². The van der Waals surface area contributed by atoms with Crippen molar-refractivity contribution in [2.24, 2.45) is 7.05 Å². The van der Waals surface area contributed by atoms with Gasteiger partial charge in [0.05, 0.1) is 10.9 Å². The number of aromatic nitrogens is 3. The van der Waals surface area contributed by atoms with Crippen molar-refractivity contribution >= 4 is 28.8 Å². The summed E-state index contributed by atoms with van der Waals surface area (Å²) in [6.07, 6.45) is 3.05. The normalized spacial score (nSPS) is 16.4. The van der Waals surface area contributed by atoms with Gasteiger partial charge in [-0.05, 0) is 23.3 Å². The van der Waals surface area contributed by atoms with E-state index in [4.69, 9.17) is 11.6 Å². The van der Waals surface area contributed by atoms with Crippen LogP contribution in [0.15, 0.2) is 49.3 Å². The number of benzene rings is 1. The molecule has 3 aromatic rings. The number of carbonyl (C=O) groups excluding carboxylic acids is 1. The third-order valence-electron chi connectivity index (χ3n) is 4.59. The number of hydrogen-bond acceptors (Lipinski definition) is 4. The summed E-state index contributed by atoms with van der Waals surface area (Å²) in [7, 11) is 1.85. The smallest absolute Gasteiger partial charge is 0.246 e. The Morgan fingerprint density at radius 3 is 2.92 bits per heavy atom. The van der Waals surface area contributed by atoms with Crippen LogP contribution in [0.25, 0.3) is 11.4 Å². The number of nitrogens with zero attached hydrogens (tertiary/aromatic N) is 4. The Morgan fingerprint density at radius 2 is 2.19 bits per heavy atom. The number of aryl methyl sites for hydroxylation is 1. The molecule has 0 spiro atoms. The SMILES string of the molecule is C=CC(=O)N1Cc2sc(Cl)cc2[C@H](c2ccccc2-c2ncn(C)n2)C1. The third kappa shape index (κ3) is 2.95. The topological polar surface area (TPSA) is 51.0 Å². The number of carbonyl (C=O) groups is 1. The van der Waals surface area contributed by atoms with Crippen molar-refractivity contribution in [3.8, 4) is 11.4 Å². The molecular weight excluding hydrogens is 368 g/mol. The molecule has 1 amide bonds. The van der Waals surface area contributed by atoms with Crippen LogP contribution in [0.1, 0.15) is 21.9 Å². The van der Waals surface area contributed by atoms with Gasteiger partial charge in [-0.1, -0.05) is 42.4 Å². The van der Waals surface area contributed by atoms with Gasteiger partial charge in [-0.15, -0.1) is 11.3 Å². The lowest BCUT2D eigenvalue weighted by Gasteiger charge is -2.33. The molecule has 0 saturated carbocycles. The molecule has 7 heteroatoms. The molecule has 1 atom stereocenters. The van der Waals surface area contributed by atoms with E-state index in [0.717, 1.165) is 20.3 Å². The van der Waals surface area contributed by atoms with Gasteiger partial charge in [-0.2, -0.15) is 5.10 Å². The molecule has 132 valence electrons. The number of amides is 1. The van der Waals surface area contributed by atoms with Crippen LogP contribution in [-0.4, -0.2) is 32.1 Å². The van der Waals surface area contributed by atoms with Crippen LogP contribution < -0.4 is 0 Å². The average molecular weight is 385 g/mol. The van der Waals surface area contributed by atoms with Crippen molar-refractivity contribution in [1.29, 1.82) is 0 Å². The summed E-state index contributed by atoms with van der Waals surface area (Å²) in [5.74, 6) is 0.628. The van der Waals surface area contributed by atoms with E-state index in [0.29, 0.717) is 18.9 Å². The molecular formula is C19H17ClN4OS. The zero-order valence-electron chi connectivity index (χ0n) is 14.2. The average Bonchev–Trinajstić information content (AvgIpc) is 3.24. The Hall–Kier alpha value is -2.44. The Kier molecular flexibility index (Phi) is 4.38. The Bertz CT molecular complexity index is 993. The van der Waals surface area contributed by atoms with E-state index in [9.17, 15) is 4.79 Å². The van der Waals surface area contributed by atoms with Gasteiger partial charge >= 0.3 is 0 Å². The van der Waals surface area contributed by atoms with Gasteiger partial charge in [0, 0.05) is 30.0 Å². The quantitative estimate of drug-likeness (QED) is 0.644. The van der Waals surface area contributed by atoms with Crippen LogP contribution >= 0.6 is 22.9 Å². The van der Waals surface area contributed by atoms with E-state index in [1.54, 1.807) is 11.0 Å². The minimum atomic E-state index is -0.0707. The largest absolute Gasteiger partial charge is 0.333 e. The Labute approximate surface area is 160 Å². The first-order valence-electron chi connectivity index (χ1n) is 8.21. The van der Waals surface area contributed by atoms with Gasteiger partial charge in [0.1, 0.15) is 6.33 Å². The van der Waals surface area contributed by atoms with E-state index in [1.165, 1.54) is 23.0 Å². The molecule has 1 aliphatic rings. The second-order valence-electron chi connectivity index (χ2n) is 6.23. The molecule has 5 nitrogen and oxygen atoms in total. The zero-order valence-corrected chi connectivity index (χ0v) is 15.8. The molecule has 0 aliphatic carbocycles. The van der Waals surface area contributed by atoms with Gasteiger partial charge in [0.25, 0.3) is 0 Å². The predicted octanol–water partition coefficient (Wildman–Crippen LogP) is 3.86. The van der Waals surface area contributed by atoms with Crippen LogP contribution in [0.5, 0.6) is 0 Å². The number of hydrogen-bond donors (Lipinski definition) is 0. The first-order valence-corrected chi connectivity index (χ1v) is 9.40. The molecule has 3 heterocycles. The van der Waals surface area contributed by atoms with E-state index in [2.05, 4.69) is 22.7 Å². The summed E-state index contributed by atoms with van der Waals surface area (Å²) in [5, 5.41) is 4.45. The van der Waals surface area contributed by atoms with Gasteiger partial charge in [0.2, 0.25) is 5.91 Å². The second kappa shape index (κ2) is 6.70. The number of fused-ring (bicyclic) bond motifs is 1. The molecule has 26 heavy (non-hydrogen) atoms. The molecule has 1 aliphatic heterocycles. The minimum absolute atomic E-state index is 0.0198. The summed E-state index contributed by atoms with van der Waals surface area (Å²) in [6.45, 7) is 4.77. The molecule has 2 aromatic heterocycles. The molecule has 0 unspecified atom stereocenters. The van der Waals surface area contributed by atoms with Crippen molar-refractivity contribution in [2.75, 3.05) is 6.54 Å². The summed E-state index contributed by atoms with van der Waals surface area (Å²) in [6, 6.07) is 10.1. The van der Waals surface area contributed by atoms with Crippen LogP contribution in [-0.2, 0) is 18.4 Å². The van der Waals surface area contributed by atoms with Crippen LogP contribution in [0, 0.1) is 0 Å². The summed E-state index contributed by atoms with van der Waals surface area (Å²) in [4.78, 5) is 19.6. The first kappa shape index (κ1) is 17.0. The Morgan fingerprint density at radius 1 is 1.38 bits per heavy atom. The zero-order chi connectivity index (χ0) is 18.3. The number of halogens is 1. The Balaban J connectivity index is 1.84. The molecule has 0 bridgehead atoms. The van der Waals surface area contributed by atoms with Crippen LogP contribution in [0.3, 0.4) is 0 Å². The second-order valence-corrected chi connectivity index (χ2v) is 8.00. The standard InChI is InChI=1S/C19H17ClN4OS/c1-3-18(25)24-9-15(14-8-17(20)26-16(14)10-24)12-6-4-5-7-13(12)19-21-11-23(2)22-19/h3-8,11,15H,1,9-10H2,2H3/t15-/m0/s1. The lowest BCUT2D eigenvalue weighted by atomic mass is 9.85. The van der Waals surface area contributed by atoms with Crippen molar-refractivity contribution in [2.45, 2.75) is 12.5 Å². The summed E-state index contributed by atoms with van der Waals surface area (Å²) in [5.41, 5.74) is 3.24. The van der Waals surface area contributed by atoms with Crippen molar-refractivity contribution in [1.82, 2.24) is 19.7 Å². The first-order chi connectivity index (χ1) is 12.6. The lowest BCUT2D eigenvalue weighted by molar-refractivity contribution is -0.127. The van der Waals surface area contributed by atoms with Gasteiger partial charge in [-0.25, -0.2) is 4.98 Å². The van der Waals surface area contributed by atoms with E-state index < -0.39 is 0 Å². The molecule has 1 aromatic carbocycles. The van der Waals surface area contributed by atoms with Crippen molar-refractivity contribution < 1.29 is 4.79 Å². The minimum Gasteiger partial charge on any atom is -0.333 e. The summed E-state index contributed by atoms with van der Waals surface area (Å²) < 4.78 is 2.43. The highest BCUT2D eigenvalue weighted by molar-refractivity contribution is 7.16. The maximum absolute atomic E-state index is 12.3. The van der Waals surface area contributed by atoms with Crippen molar-refractivity contribution in [3.05, 3.63) is 69.7 Å². The highest BCUT2D eigenvalue weighted by Crippen LogP contribution is 2.42. The molecule has 0 fully saturated rings. The van der Waals surface area contributed by atoms with Crippen molar-refractivity contribution in [3.63, 3.8) is 0 Å². The fraction of sp³-hybridized carbons (Fsp3) is 0.211. The van der Waals surface area contributed by atoms with Crippen LogP contribution in [0.2, 0.25) is 4.34 Å². The highest BCUT2D eigenvalue weighted by Gasteiger charge is 2.32. The van der Waals surface area contributed by atoms with Crippen LogP contribution in [0.4, 0.5) is 0 Å². The maximum atomic E-state index is 12.3. The fourth-order valence-corrected chi connectivity index (χ4v) is 4.77. The van der Waals surface area contributed by atoms with E-state index >= 15 is 0 Å². The molecule has 0 saturated heterocycles. The maximum Gasteiger partial charge on any atom is 0.246 e. The highest BCUT2D eigenvalue weighted by atomic mass is 35.5. The monoisotopic (exact) mass is 384 g/mol. The van der Waals surface area contributed by atoms with E-state index in [-0.39, 0.29) is 11.8 Å². The summed E-state index contributed by atoms with van der Waals surface area (Å²) >= 11 is 7.82. The lowest BCUT2D eigenvalue weighted by Crippen LogP contribution is -2.37. The predicted molar refractivity (Wildman–Crippen MR) is 103 cm³/mol. The number of thiophene rings is 1. The van der Waals surface area contributed by atoms with Gasteiger partial charge < -0.3 is 4.90 Å².